The zero-order chi connectivity index (χ0) is 21.9. The monoisotopic (exact) mass is 422 g/mol. The SMILES string of the molecule is C[C@H]1C[C@@H](C)[C@H]2N(C1)c1c(F)cc(-c3cccnc3)cc1CC21C(=O)NC(=O)NC1=O. The first-order valence-electron chi connectivity index (χ1n) is 10.5. The Balaban J connectivity index is 1.72. The number of aromatic nitrogens is 1. The fourth-order valence-corrected chi connectivity index (χ4v) is 5.79. The Morgan fingerprint density at radius 3 is 2.55 bits per heavy atom. The highest BCUT2D eigenvalue weighted by Gasteiger charge is 2.62. The van der Waals surface area contributed by atoms with Crippen LogP contribution in [0.25, 0.3) is 11.1 Å². The number of pyridine rings is 1. The van der Waals surface area contributed by atoms with E-state index in [2.05, 4.69) is 22.5 Å². The lowest BCUT2D eigenvalue weighted by molar-refractivity contribution is -0.148. The van der Waals surface area contributed by atoms with Gasteiger partial charge in [0.25, 0.3) is 0 Å². The first-order chi connectivity index (χ1) is 14.8. The molecule has 3 aliphatic heterocycles. The topological polar surface area (TPSA) is 91.4 Å². The summed E-state index contributed by atoms with van der Waals surface area (Å²) in [6.07, 6.45) is 4.12. The van der Waals surface area contributed by atoms with E-state index < -0.39 is 29.3 Å². The van der Waals surface area contributed by atoms with Gasteiger partial charge in [-0.05, 0) is 54.0 Å². The summed E-state index contributed by atoms with van der Waals surface area (Å²) in [6.45, 7) is 4.60. The van der Waals surface area contributed by atoms with E-state index in [4.69, 9.17) is 0 Å². The number of carbonyl (C=O) groups is 3. The molecule has 160 valence electrons. The number of rotatable bonds is 1. The molecule has 1 aromatic heterocycles. The van der Waals surface area contributed by atoms with Crippen LogP contribution >= 0.6 is 0 Å². The van der Waals surface area contributed by atoms with E-state index in [0.717, 1.165) is 12.0 Å². The minimum absolute atomic E-state index is 0.0260. The molecule has 3 atom stereocenters. The Labute approximate surface area is 179 Å². The molecule has 2 saturated heterocycles. The van der Waals surface area contributed by atoms with Gasteiger partial charge in [-0.3, -0.25) is 25.2 Å². The zero-order valence-corrected chi connectivity index (χ0v) is 17.3. The van der Waals surface area contributed by atoms with Crippen LogP contribution in [0, 0.1) is 23.1 Å². The van der Waals surface area contributed by atoms with Crippen molar-refractivity contribution in [2.24, 2.45) is 17.3 Å². The molecule has 0 radical (unpaired) electrons. The molecule has 8 heteroatoms. The molecule has 0 bridgehead atoms. The molecule has 0 unspecified atom stereocenters. The molecule has 4 amide bonds. The highest BCUT2D eigenvalue weighted by atomic mass is 19.1. The summed E-state index contributed by atoms with van der Waals surface area (Å²) < 4.78 is 15.5. The average Bonchev–Trinajstić information content (AvgIpc) is 2.71. The third-order valence-corrected chi connectivity index (χ3v) is 6.82. The number of amides is 4. The van der Waals surface area contributed by atoms with Crippen molar-refractivity contribution in [3.05, 3.63) is 48.0 Å². The number of nitrogens with zero attached hydrogens (tertiary/aromatic N) is 2. The van der Waals surface area contributed by atoms with Gasteiger partial charge < -0.3 is 4.90 Å². The Bertz CT molecular complexity index is 1080. The molecule has 5 rings (SSSR count). The second kappa shape index (κ2) is 6.87. The maximum absolute atomic E-state index is 15.5. The molecule has 0 aliphatic carbocycles. The van der Waals surface area contributed by atoms with Crippen molar-refractivity contribution < 1.29 is 18.8 Å². The third kappa shape index (κ3) is 2.85. The standard InChI is InChI=1S/C23H23FN4O3/c1-12-6-13(2)19-23(20(29)26-22(31)27-21(23)30)9-16-7-15(14-4-3-5-25-10-14)8-17(24)18(16)28(19)11-12/h3-5,7-8,10,12-13,19H,6,9,11H2,1-2H3,(H2,26,27,29,30,31)/t12-,13+,19+/m0/s1. The summed E-state index contributed by atoms with van der Waals surface area (Å²) >= 11 is 0. The first-order valence-corrected chi connectivity index (χ1v) is 10.5. The van der Waals surface area contributed by atoms with E-state index >= 15 is 4.39 Å². The van der Waals surface area contributed by atoms with Crippen molar-refractivity contribution in [1.82, 2.24) is 15.6 Å². The van der Waals surface area contributed by atoms with Gasteiger partial charge in [0.05, 0.1) is 11.7 Å². The molecule has 3 aliphatic rings. The Morgan fingerprint density at radius 1 is 1.13 bits per heavy atom. The van der Waals surface area contributed by atoms with Gasteiger partial charge in [0, 0.05) is 24.5 Å². The Morgan fingerprint density at radius 2 is 1.87 bits per heavy atom. The summed E-state index contributed by atoms with van der Waals surface area (Å²) in [7, 11) is 0. The lowest BCUT2D eigenvalue weighted by Crippen LogP contribution is -2.73. The minimum Gasteiger partial charge on any atom is -0.364 e. The van der Waals surface area contributed by atoms with E-state index in [9.17, 15) is 14.4 Å². The van der Waals surface area contributed by atoms with Gasteiger partial charge in [-0.1, -0.05) is 19.9 Å². The number of carbonyl (C=O) groups excluding carboxylic acids is 3. The molecule has 7 nitrogen and oxygen atoms in total. The summed E-state index contributed by atoms with van der Waals surface area (Å²) in [5.74, 6) is -1.39. The predicted molar refractivity (Wildman–Crippen MR) is 112 cm³/mol. The van der Waals surface area contributed by atoms with Gasteiger partial charge >= 0.3 is 6.03 Å². The Kier molecular flexibility index (Phi) is 4.35. The molecule has 31 heavy (non-hydrogen) atoms. The number of imide groups is 2. The molecule has 1 spiro atoms. The number of hydrogen-bond acceptors (Lipinski definition) is 5. The van der Waals surface area contributed by atoms with Crippen LogP contribution in [-0.4, -0.2) is 35.4 Å². The normalized spacial score (nSPS) is 26.7. The van der Waals surface area contributed by atoms with E-state index in [1.807, 2.05) is 24.0 Å². The fourth-order valence-electron chi connectivity index (χ4n) is 5.79. The number of benzene rings is 1. The number of piperidine rings is 1. The van der Waals surface area contributed by atoms with Crippen molar-refractivity contribution in [1.29, 1.82) is 0 Å². The number of fused-ring (bicyclic) bond motifs is 4. The number of nitrogens with one attached hydrogen (secondary N) is 2. The minimum atomic E-state index is -1.50. The number of urea groups is 1. The van der Waals surface area contributed by atoms with Gasteiger partial charge in [0.15, 0.2) is 5.41 Å². The second-order valence-corrected chi connectivity index (χ2v) is 9.01. The van der Waals surface area contributed by atoms with Gasteiger partial charge in [0.2, 0.25) is 11.8 Å². The number of anilines is 1. The molecular formula is C23H23FN4O3. The quantitative estimate of drug-likeness (QED) is 0.690. The summed E-state index contributed by atoms with van der Waals surface area (Å²) in [6, 6.07) is 5.56. The molecule has 2 aromatic rings. The molecule has 2 fully saturated rings. The average molecular weight is 422 g/mol. The van der Waals surface area contributed by atoms with E-state index in [1.165, 1.54) is 6.07 Å². The molecular weight excluding hydrogens is 399 g/mol. The number of barbiturate groups is 1. The molecule has 4 heterocycles. The van der Waals surface area contributed by atoms with Crippen LogP contribution in [0.1, 0.15) is 25.8 Å². The van der Waals surface area contributed by atoms with Crippen molar-refractivity contribution in [3.8, 4) is 11.1 Å². The van der Waals surface area contributed by atoms with Crippen LogP contribution in [0.4, 0.5) is 14.9 Å². The highest BCUT2D eigenvalue weighted by molar-refractivity contribution is 6.20. The molecule has 1 aromatic carbocycles. The van der Waals surface area contributed by atoms with Crippen LogP contribution in [-0.2, 0) is 16.0 Å². The van der Waals surface area contributed by atoms with Crippen LogP contribution < -0.4 is 15.5 Å². The highest BCUT2D eigenvalue weighted by Crippen LogP contribution is 2.50. The van der Waals surface area contributed by atoms with Gasteiger partial charge in [-0.25, -0.2) is 9.18 Å². The maximum atomic E-state index is 15.5. The second-order valence-electron chi connectivity index (χ2n) is 9.01. The molecule has 2 N–H and O–H groups in total. The van der Waals surface area contributed by atoms with Crippen molar-refractivity contribution >= 4 is 23.5 Å². The van der Waals surface area contributed by atoms with E-state index in [1.54, 1.807) is 18.5 Å². The first kappa shape index (κ1) is 19.7. The van der Waals surface area contributed by atoms with Gasteiger partial charge in [-0.2, -0.15) is 0 Å². The van der Waals surface area contributed by atoms with Crippen molar-refractivity contribution in [2.75, 3.05) is 11.4 Å². The van der Waals surface area contributed by atoms with Crippen molar-refractivity contribution in [3.63, 3.8) is 0 Å². The third-order valence-electron chi connectivity index (χ3n) is 6.82. The Hall–Kier alpha value is -3.29. The predicted octanol–water partition coefficient (Wildman–Crippen LogP) is 2.65. The van der Waals surface area contributed by atoms with Crippen molar-refractivity contribution in [2.45, 2.75) is 32.7 Å². The maximum Gasteiger partial charge on any atom is 0.328 e. The van der Waals surface area contributed by atoms with Crippen LogP contribution in [0.5, 0.6) is 0 Å². The van der Waals surface area contributed by atoms with Gasteiger partial charge in [-0.15, -0.1) is 0 Å². The van der Waals surface area contributed by atoms with E-state index in [0.29, 0.717) is 23.4 Å². The summed E-state index contributed by atoms with van der Waals surface area (Å²) in [5.41, 5.74) is 0.896. The van der Waals surface area contributed by atoms with E-state index in [-0.39, 0.29) is 24.1 Å². The van der Waals surface area contributed by atoms with Crippen LogP contribution in [0.3, 0.4) is 0 Å². The summed E-state index contributed by atoms with van der Waals surface area (Å²) in [5, 5.41) is 4.57. The zero-order valence-electron chi connectivity index (χ0n) is 17.3. The van der Waals surface area contributed by atoms with Crippen LogP contribution in [0.2, 0.25) is 0 Å². The molecule has 0 saturated carbocycles. The smallest absolute Gasteiger partial charge is 0.328 e. The summed E-state index contributed by atoms with van der Waals surface area (Å²) in [4.78, 5) is 44.2. The number of halogens is 1. The number of hydrogen-bond donors (Lipinski definition) is 2. The lowest BCUT2D eigenvalue weighted by atomic mass is 9.62. The van der Waals surface area contributed by atoms with Crippen LogP contribution in [0.15, 0.2) is 36.7 Å². The van der Waals surface area contributed by atoms with Gasteiger partial charge in [0.1, 0.15) is 5.82 Å². The fraction of sp³-hybridized carbons (Fsp3) is 0.391. The lowest BCUT2D eigenvalue weighted by Gasteiger charge is -2.55. The largest absolute Gasteiger partial charge is 0.364 e.